The molecule has 1 heterocycles. The number of amides is 1. The number of benzene rings is 3. The van der Waals surface area contributed by atoms with Crippen LogP contribution in [0, 0.1) is 0 Å². The van der Waals surface area contributed by atoms with Gasteiger partial charge in [-0.25, -0.2) is 0 Å². The standard InChI is InChI=1S/C28H27NO4/c1-5-19-6-10-21(11-7-19)29-28(30)14-18(2)23-15-24-25(17-33-27(24)16-26(23)32-4)20-8-12-22(31-3)13-9-20/h6-17H,5H2,1-4H3,(H,29,30)/b18-14+. The van der Waals surface area contributed by atoms with Crippen LogP contribution in [0.2, 0.25) is 0 Å². The number of aryl methyl sites for hydroxylation is 1. The number of furan rings is 1. The van der Waals surface area contributed by atoms with E-state index in [2.05, 4.69) is 12.2 Å². The highest BCUT2D eigenvalue weighted by Crippen LogP contribution is 2.37. The van der Waals surface area contributed by atoms with Crippen molar-refractivity contribution in [1.29, 1.82) is 0 Å². The first-order valence-corrected chi connectivity index (χ1v) is 10.8. The fourth-order valence-electron chi connectivity index (χ4n) is 3.80. The van der Waals surface area contributed by atoms with Crippen LogP contribution in [0.5, 0.6) is 11.5 Å². The Morgan fingerprint density at radius 1 is 1.00 bits per heavy atom. The van der Waals surface area contributed by atoms with Gasteiger partial charge in [0.2, 0.25) is 5.91 Å². The molecule has 0 spiro atoms. The third kappa shape index (κ3) is 4.77. The largest absolute Gasteiger partial charge is 0.497 e. The molecule has 3 aromatic carbocycles. The van der Waals surface area contributed by atoms with Crippen LogP contribution in [-0.2, 0) is 11.2 Å². The maximum atomic E-state index is 12.7. The number of methoxy groups -OCH3 is 2. The quantitative estimate of drug-likeness (QED) is 0.323. The molecule has 0 saturated heterocycles. The zero-order valence-electron chi connectivity index (χ0n) is 19.3. The second kappa shape index (κ2) is 9.65. The predicted octanol–water partition coefficient (Wildman–Crippen LogP) is 6.72. The number of fused-ring (bicyclic) bond motifs is 1. The van der Waals surface area contributed by atoms with E-state index in [1.54, 1.807) is 26.6 Å². The zero-order valence-corrected chi connectivity index (χ0v) is 19.3. The molecular weight excluding hydrogens is 414 g/mol. The van der Waals surface area contributed by atoms with E-state index < -0.39 is 0 Å². The molecule has 0 saturated carbocycles. The smallest absolute Gasteiger partial charge is 0.248 e. The summed E-state index contributed by atoms with van der Waals surface area (Å²) in [6, 6.07) is 19.6. The lowest BCUT2D eigenvalue weighted by Crippen LogP contribution is -2.08. The fourth-order valence-corrected chi connectivity index (χ4v) is 3.80. The first-order valence-electron chi connectivity index (χ1n) is 10.8. The van der Waals surface area contributed by atoms with E-state index in [1.165, 1.54) is 5.56 Å². The molecule has 0 unspecified atom stereocenters. The van der Waals surface area contributed by atoms with E-state index in [1.807, 2.05) is 67.6 Å². The highest BCUT2D eigenvalue weighted by Gasteiger charge is 2.15. The van der Waals surface area contributed by atoms with Crippen LogP contribution in [0.25, 0.3) is 27.7 Å². The van der Waals surface area contributed by atoms with Crippen LogP contribution in [0.4, 0.5) is 5.69 Å². The molecule has 0 atom stereocenters. The summed E-state index contributed by atoms with van der Waals surface area (Å²) in [6.45, 7) is 4.00. The monoisotopic (exact) mass is 441 g/mol. The van der Waals surface area contributed by atoms with E-state index in [9.17, 15) is 4.79 Å². The summed E-state index contributed by atoms with van der Waals surface area (Å²) in [4.78, 5) is 12.7. The van der Waals surface area contributed by atoms with Crippen LogP contribution in [-0.4, -0.2) is 20.1 Å². The molecule has 1 aromatic heterocycles. The van der Waals surface area contributed by atoms with Gasteiger partial charge in [-0.2, -0.15) is 0 Å². The van der Waals surface area contributed by atoms with Gasteiger partial charge in [0.15, 0.2) is 0 Å². The van der Waals surface area contributed by atoms with Gasteiger partial charge in [-0.3, -0.25) is 4.79 Å². The van der Waals surface area contributed by atoms with Gasteiger partial charge < -0.3 is 19.2 Å². The number of carbonyl (C=O) groups excluding carboxylic acids is 1. The second-order valence-electron chi connectivity index (χ2n) is 7.79. The van der Waals surface area contributed by atoms with Gasteiger partial charge in [-0.05, 0) is 60.4 Å². The molecule has 168 valence electrons. The van der Waals surface area contributed by atoms with Gasteiger partial charge in [0.05, 0.1) is 20.5 Å². The Hall–Kier alpha value is -3.99. The number of anilines is 1. The molecule has 4 aromatic rings. The molecule has 0 aliphatic heterocycles. The maximum absolute atomic E-state index is 12.7. The third-order valence-corrected chi connectivity index (χ3v) is 5.70. The zero-order chi connectivity index (χ0) is 23.4. The Morgan fingerprint density at radius 2 is 1.73 bits per heavy atom. The number of ether oxygens (including phenoxy) is 2. The van der Waals surface area contributed by atoms with Crippen molar-refractivity contribution in [3.63, 3.8) is 0 Å². The summed E-state index contributed by atoms with van der Waals surface area (Å²) in [6.07, 6.45) is 4.29. The van der Waals surface area contributed by atoms with Gasteiger partial charge in [0.25, 0.3) is 0 Å². The maximum Gasteiger partial charge on any atom is 0.248 e. The van der Waals surface area contributed by atoms with E-state index >= 15 is 0 Å². The minimum Gasteiger partial charge on any atom is -0.497 e. The molecule has 5 heteroatoms. The lowest BCUT2D eigenvalue weighted by molar-refractivity contribution is -0.111. The van der Waals surface area contributed by atoms with Gasteiger partial charge in [0, 0.05) is 34.3 Å². The highest BCUT2D eigenvalue weighted by atomic mass is 16.5. The average molecular weight is 442 g/mol. The van der Waals surface area contributed by atoms with Crippen LogP contribution in [0.1, 0.15) is 25.0 Å². The molecule has 5 nitrogen and oxygen atoms in total. The second-order valence-corrected chi connectivity index (χ2v) is 7.79. The topological polar surface area (TPSA) is 60.7 Å². The molecule has 0 radical (unpaired) electrons. The van der Waals surface area contributed by atoms with Crippen molar-refractivity contribution >= 4 is 28.1 Å². The van der Waals surface area contributed by atoms with Crippen molar-refractivity contribution in [2.24, 2.45) is 0 Å². The van der Waals surface area contributed by atoms with Crippen molar-refractivity contribution < 1.29 is 18.7 Å². The normalized spacial score (nSPS) is 11.5. The van der Waals surface area contributed by atoms with Crippen LogP contribution in [0.15, 0.2) is 77.4 Å². The van der Waals surface area contributed by atoms with Crippen molar-refractivity contribution in [2.75, 3.05) is 19.5 Å². The molecule has 33 heavy (non-hydrogen) atoms. The molecule has 0 aliphatic carbocycles. The Kier molecular flexibility index (Phi) is 6.50. The number of carbonyl (C=O) groups is 1. The summed E-state index contributed by atoms with van der Waals surface area (Å²) in [5.74, 6) is 1.25. The molecule has 1 N–H and O–H groups in total. The lowest BCUT2D eigenvalue weighted by Gasteiger charge is -2.10. The Labute approximate surface area is 193 Å². The van der Waals surface area contributed by atoms with Crippen LogP contribution >= 0.6 is 0 Å². The molecule has 4 rings (SSSR count). The van der Waals surface area contributed by atoms with Gasteiger partial charge in [-0.15, -0.1) is 0 Å². The SMILES string of the molecule is CCc1ccc(NC(=O)/C=C(\C)c2cc3c(-c4ccc(OC)cc4)coc3cc2OC)cc1. The highest BCUT2D eigenvalue weighted by molar-refractivity contribution is 6.05. The summed E-state index contributed by atoms with van der Waals surface area (Å²) >= 11 is 0. The lowest BCUT2D eigenvalue weighted by atomic mass is 9.99. The number of hydrogen-bond acceptors (Lipinski definition) is 4. The fraction of sp³-hybridized carbons (Fsp3) is 0.179. The van der Waals surface area contributed by atoms with E-state index in [0.717, 1.165) is 51.1 Å². The van der Waals surface area contributed by atoms with E-state index in [4.69, 9.17) is 13.9 Å². The van der Waals surface area contributed by atoms with Crippen molar-refractivity contribution in [3.05, 3.63) is 84.1 Å². The average Bonchev–Trinajstić information content (AvgIpc) is 3.26. The minimum atomic E-state index is -0.193. The predicted molar refractivity (Wildman–Crippen MR) is 133 cm³/mol. The molecule has 0 bridgehead atoms. The van der Waals surface area contributed by atoms with E-state index in [0.29, 0.717) is 5.75 Å². The van der Waals surface area contributed by atoms with Crippen molar-refractivity contribution in [3.8, 4) is 22.6 Å². The summed E-state index contributed by atoms with van der Waals surface area (Å²) in [5.41, 5.74) is 6.31. The van der Waals surface area contributed by atoms with Gasteiger partial charge in [0.1, 0.15) is 17.1 Å². The molecule has 1 amide bonds. The van der Waals surface area contributed by atoms with Crippen molar-refractivity contribution in [2.45, 2.75) is 20.3 Å². The van der Waals surface area contributed by atoms with Crippen LogP contribution in [0.3, 0.4) is 0 Å². The Balaban J connectivity index is 1.66. The molecule has 0 aliphatic rings. The number of nitrogens with one attached hydrogen (secondary N) is 1. The van der Waals surface area contributed by atoms with Crippen molar-refractivity contribution in [1.82, 2.24) is 0 Å². The Bertz CT molecular complexity index is 1300. The summed E-state index contributed by atoms with van der Waals surface area (Å²) in [7, 11) is 3.26. The number of allylic oxidation sites excluding steroid dienone is 1. The molecular formula is C28H27NO4. The van der Waals surface area contributed by atoms with E-state index in [-0.39, 0.29) is 5.91 Å². The summed E-state index contributed by atoms with van der Waals surface area (Å²) < 4.78 is 16.7. The minimum absolute atomic E-state index is 0.193. The number of rotatable bonds is 7. The third-order valence-electron chi connectivity index (χ3n) is 5.70. The van der Waals surface area contributed by atoms with Gasteiger partial charge >= 0.3 is 0 Å². The Morgan fingerprint density at radius 3 is 2.36 bits per heavy atom. The van der Waals surface area contributed by atoms with Gasteiger partial charge in [-0.1, -0.05) is 31.2 Å². The first kappa shape index (κ1) is 22.2. The number of hydrogen-bond donors (Lipinski definition) is 1. The van der Waals surface area contributed by atoms with Crippen LogP contribution < -0.4 is 14.8 Å². The molecule has 0 fully saturated rings. The summed E-state index contributed by atoms with van der Waals surface area (Å²) in [5, 5.41) is 3.87. The first-order chi connectivity index (χ1) is 16.0.